The summed E-state index contributed by atoms with van der Waals surface area (Å²) < 4.78 is 0. The number of hydrogen-bond donors (Lipinski definition) is 3. The molecule has 1 amide bonds. The molecule has 0 saturated carbocycles. The molecule has 0 unspecified atom stereocenters. The molecule has 0 aliphatic carbocycles. The van der Waals surface area contributed by atoms with Crippen LogP contribution in [0, 0.1) is 13.8 Å². The van der Waals surface area contributed by atoms with Crippen molar-refractivity contribution in [1.82, 2.24) is 4.98 Å². The Kier molecular flexibility index (Phi) is 4.20. The second-order valence-electron chi connectivity index (χ2n) is 5.84. The summed E-state index contributed by atoms with van der Waals surface area (Å²) in [4.78, 5) is 26.3. The molecule has 1 aromatic heterocycles. The number of rotatable bonds is 4. The number of fused-ring (bicyclic) bond motifs is 1. The largest absolute Gasteiger partial charge is 0.481 e. The molecule has 3 N–H and O–H groups in total. The lowest BCUT2D eigenvalue weighted by atomic mass is 10.0. The highest BCUT2D eigenvalue weighted by molar-refractivity contribution is 6.41. The number of aryl methyl sites for hydroxylation is 1. The summed E-state index contributed by atoms with van der Waals surface area (Å²) in [5.74, 6) is -1.03. The lowest BCUT2D eigenvalue weighted by Crippen LogP contribution is -2.03. The highest BCUT2D eigenvalue weighted by Crippen LogP contribution is 2.38. The summed E-state index contributed by atoms with van der Waals surface area (Å²) in [6.45, 7) is 3.83. The summed E-state index contributed by atoms with van der Waals surface area (Å²) in [5, 5.41) is 12.2. The fourth-order valence-electron chi connectivity index (χ4n) is 3.05. The molecule has 5 nitrogen and oxygen atoms in total. The maximum absolute atomic E-state index is 12.3. The summed E-state index contributed by atoms with van der Waals surface area (Å²) in [7, 11) is 0. The van der Waals surface area contributed by atoms with Gasteiger partial charge in [0.25, 0.3) is 5.91 Å². The van der Waals surface area contributed by atoms with Crippen LogP contribution in [0.15, 0.2) is 18.2 Å². The van der Waals surface area contributed by atoms with Crippen molar-refractivity contribution in [2.75, 3.05) is 5.32 Å². The van der Waals surface area contributed by atoms with Gasteiger partial charge in [-0.1, -0.05) is 17.7 Å². The van der Waals surface area contributed by atoms with Gasteiger partial charge in [-0.05, 0) is 49.6 Å². The first kappa shape index (κ1) is 16.3. The Bertz CT molecular complexity index is 881. The number of carbonyl (C=O) groups excluding carboxylic acids is 1. The zero-order valence-corrected chi connectivity index (χ0v) is 14.1. The van der Waals surface area contributed by atoms with E-state index in [1.54, 1.807) is 18.2 Å². The highest BCUT2D eigenvalue weighted by atomic mass is 35.5. The molecule has 0 saturated heterocycles. The average molecular weight is 345 g/mol. The van der Waals surface area contributed by atoms with E-state index in [9.17, 15) is 9.59 Å². The first-order valence-corrected chi connectivity index (χ1v) is 7.98. The van der Waals surface area contributed by atoms with Crippen LogP contribution in [0.1, 0.15) is 34.5 Å². The molecule has 6 heteroatoms. The van der Waals surface area contributed by atoms with Crippen molar-refractivity contribution < 1.29 is 14.7 Å². The van der Waals surface area contributed by atoms with Crippen LogP contribution in [0.5, 0.6) is 0 Å². The van der Waals surface area contributed by atoms with Crippen LogP contribution >= 0.6 is 11.6 Å². The summed E-state index contributed by atoms with van der Waals surface area (Å²) in [5.41, 5.74) is 5.54. The maximum atomic E-state index is 12.3. The van der Waals surface area contributed by atoms with E-state index in [4.69, 9.17) is 16.7 Å². The molecule has 0 spiro atoms. The lowest BCUT2D eigenvalue weighted by Gasteiger charge is -2.02. The highest BCUT2D eigenvalue weighted by Gasteiger charge is 2.27. The number of aromatic nitrogens is 1. The second-order valence-corrected chi connectivity index (χ2v) is 6.24. The van der Waals surface area contributed by atoms with Crippen molar-refractivity contribution in [1.29, 1.82) is 0 Å². The third-order valence-corrected chi connectivity index (χ3v) is 4.60. The number of amides is 1. The number of carboxylic acids is 1. The minimum absolute atomic E-state index is 0.0741. The van der Waals surface area contributed by atoms with Crippen LogP contribution in [0.3, 0.4) is 0 Å². The van der Waals surface area contributed by atoms with Crippen LogP contribution in [0.25, 0.3) is 11.6 Å². The molecule has 0 atom stereocenters. The van der Waals surface area contributed by atoms with Crippen molar-refractivity contribution in [2.45, 2.75) is 26.7 Å². The number of carboxylic acid groups (broad SMARTS) is 1. The molecule has 0 radical (unpaired) electrons. The van der Waals surface area contributed by atoms with Crippen molar-refractivity contribution in [3.05, 3.63) is 51.3 Å². The third-order valence-electron chi connectivity index (χ3n) is 4.28. The van der Waals surface area contributed by atoms with Gasteiger partial charge in [-0.15, -0.1) is 0 Å². The number of H-pyrrole nitrogens is 1. The number of nitrogens with one attached hydrogen (secondary N) is 2. The van der Waals surface area contributed by atoms with Gasteiger partial charge in [0.2, 0.25) is 0 Å². The molecule has 24 heavy (non-hydrogen) atoms. The van der Waals surface area contributed by atoms with Crippen molar-refractivity contribution in [3.8, 4) is 0 Å². The number of carbonyl (C=O) groups is 2. The van der Waals surface area contributed by atoms with Crippen molar-refractivity contribution in [3.63, 3.8) is 0 Å². The van der Waals surface area contributed by atoms with E-state index in [2.05, 4.69) is 10.3 Å². The normalized spacial score (nSPS) is 14.8. The average Bonchev–Trinajstić information content (AvgIpc) is 2.96. The molecule has 1 aliphatic rings. The first-order valence-electron chi connectivity index (χ1n) is 7.60. The smallest absolute Gasteiger partial charge is 0.303 e. The summed E-state index contributed by atoms with van der Waals surface area (Å²) in [6.07, 6.45) is 2.31. The SMILES string of the molecule is Cc1[nH]c(C=C2C(=O)Nc3cccc(Cl)c32)c(C)c1CCC(=O)O. The zero-order chi connectivity index (χ0) is 17.4. The number of aromatic amines is 1. The van der Waals surface area contributed by atoms with Gasteiger partial charge in [0, 0.05) is 23.4 Å². The predicted octanol–water partition coefficient (Wildman–Crippen LogP) is 3.79. The maximum Gasteiger partial charge on any atom is 0.303 e. The molecule has 124 valence electrons. The standard InChI is InChI=1S/C18H17ClN2O3/c1-9-11(6-7-16(22)23)10(2)20-15(9)8-12-17-13(19)4-3-5-14(17)21-18(12)24/h3-5,8,20H,6-7H2,1-2H3,(H,21,24)(H,22,23). The summed E-state index contributed by atoms with van der Waals surface area (Å²) in [6, 6.07) is 5.35. The van der Waals surface area contributed by atoms with Gasteiger partial charge in [-0.25, -0.2) is 0 Å². The minimum Gasteiger partial charge on any atom is -0.481 e. The Morgan fingerprint density at radius 3 is 2.79 bits per heavy atom. The van der Waals surface area contributed by atoms with Gasteiger partial charge in [0.1, 0.15) is 0 Å². The Balaban J connectivity index is 2.03. The molecular formula is C18H17ClN2O3. The minimum atomic E-state index is -0.828. The van der Waals surface area contributed by atoms with E-state index in [0.29, 0.717) is 28.3 Å². The van der Waals surface area contributed by atoms with E-state index < -0.39 is 5.97 Å². The molecule has 2 heterocycles. The fraction of sp³-hybridized carbons (Fsp3) is 0.222. The number of benzene rings is 1. The zero-order valence-electron chi connectivity index (χ0n) is 13.4. The van der Waals surface area contributed by atoms with Crippen LogP contribution in [0.4, 0.5) is 5.69 Å². The van der Waals surface area contributed by atoms with Gasteiger partial charge < -0.3 is 15.4 Å². The fourth-order valence-corrected chi connectivity index (χ4v) is 3.33. The van der Waals surface area contributed by atoms with Gasteiger partial charge in [-0.2, -0.15) is 0 Å². The van der Waals surface area contributed by atoms with Crippen LogP contribution < -0.4 is 5.32 Å². The Hall–Kier alpha value is -2.53. The third kappa shape index (κ3) is 2.83. The molecule has 1 aliphatic heterocycles. The van der Waals surface area contributed by atoms with E-state index in [1.165, 1.54) is 0 Å². The van der Waals surface area contributed by atoms with Gasteiger partial charge in [0.05, 0.1) is 16.3 Å². The predicted molar refractivity (Wildman–Crippen MR) is 94.2 cm³/mol. The van der Waals surface area contributed by atoms with E-state index >= 15 is 0 Å². The van der Waals surface area contributed by atoms with E-state index in [1.807, 2.05) is 19.9 Å². The van der Waals surface area contributed by atoms with Gasteiger partial charge >= 0.3 is 5.97 Å². The topological polar surface area (TPSA) is 82.2 Å². The molecular weight excluding hydrogens is 328 g/mol. The first-order chi connectivity index (χ1) is 11.4. The number of anilines is 1. The van der Waals surface area contributed by atoms with E-state index in [-0.39, 0.29) is 12.3 Å². The van der Waals surface area contributed by atoms with Gasteiger partial charge in [-0.3, -0.25) is 9.59 Å². The quantitative estimate of drug-likeness (QED) is 0.738. The second kappa shape index (κ2) is 6.17. The molecule has 0 fully saturated rings. The van der Waals surface area contributed by atoms with Crippen molar-refractivity contribution in [2.24, 2.45) is 0 Å². The van der Waals surface area contributed by atoms with Crippen LogP contribution in [-0.2, 0) is 16.0 Å². The lowest BCUT2D eigenvalue weighted by molar-refractivity contribution is -0.137. The number of aliphatic carboxylic acids is 1. The monoisotopic (exact) mass is 344 g/mol. The Morgan fingerprint density at radius 1 is 1.33 bits per heavy atom. The molecule has 3 rings (SSSR count). The van der Waals surface area contributed by atoms with Gasteiger partial charge in [0.15, 0.2) is 0 Å². The Labute approximate surface area is 144 Å². The molecule has 1 aromatic carbocycles. The molecule has 0 bridgehead atoms. The number of halogens is 1. The van der Waals surface area contributed by atoms with Crippen molar-refractivity contribution >= 4 is 40.8 Å². The van der Waals surface area contributed by atoms with Crippen LogP contribution in [-0.4, -0.2) is 22.0 Å². The summed E-state index contributed by atoms with van der Waals surface area (Å²) >= 11 is 6.25. The number of hydrogen-bond acceptors (Lipinski definition) is 2. The van der Waals surface area contributed by atoms with Crippen LogP contribution in [0.2, 0.25) is 5.02 Å². The van der Waals surface area contributed by atoms with E-state index in [0.717, 1.165) is 22.5 Å². The molecule has 2 aromatic rings. The Morgan fingerprint density at radius 2 is 2.08 bits per heavy atom.